The zero-order valence-electron chi connectivity index (χ0n) is 12.4. The Morgan fingerprint density at radius 3 is 2.14 bits per heavy atom. The lowest BCUT2D eigenvalue weighted by atomic mass is 9.62. The number of carbonyl (C=O) groups excluding carboxylic acids is 1. The summed E-state index contributed by atoms with van der Waals surface area (Å²) >= 11 is 0. The Labute approximate surface area is 124 Å². The highest BCUT2D eigenvalue weighted by atomic mass is 16.4. The number of hydrogen-bond donors (Lipinski definition) is 2. The van der Waals surface area contributed by atoms with Gasteiger partial charge in [-0.15, -0.1) is 0 Å². The van der Waals surface area contributed by atoms with E-state index < -0.39 is 17.8 Å². The van der Waals surface area contributed by atoms with E-state index in [4.69, 9.17) is 0 Å². The normalized spacial score (nSPS) is 36.6. The number of aliphatic carboxylic acids is 1. The molecule has 1 saturated carbocycles. The fourth-order valence-corrected chi connectivity index (χ4v) is 3.84. The molecule has 0 aromatic rings. The van der Waals surface area contributed by atoms with Gasteiger partial charge in [-0.25, -0.2) is 5.01 Å². The first-order valence-corrected chi connectivity index (χ1v) is 7.71. The highest BCUT2D eigenvalue weighted by molar-refractivity contribution is 5.86. The van der Waals surface area contributed by atoms with Gasteiger partial charge in [-0.2, -0.15) is 0 Å². The Bertz CT molecular complexity index is 457. The Morgan fingerprint density at radius 2 is 1.62 bits per heavy atom. The summed E-state index contributed by atoms with van der Waals surface area (Å²) in [7, 11) is 2.06. The standard InChI is InChI=1S/C15H23N3O3/c1-17-6-8-18(9-7-17)16-14(19)12-10-2-4-11(5-3-10)13(12)15(20)21/h2,4,10-13H,3,5-9H2,1H3,(H,16,19)(H,20,21)/t10-,11-,12+,13+/m0/s1. The van der Waals surface area contributed by atoms with Crippen molar-refractivity contribution in [3.05, 3.63) is 12.2 Å². The molecule has 6 heteroatoms. The molecule has 2 N–H and O–H groups in total. The zero-order valence-corrected chi connectivity index (χ0v) is 12.4. The Hall–Kier alpha value is -1.40. The minimum atomic E-state index is -0.840. The number of carbonyl (C=O) groups is 2. The van der Waals surface area contributed by atoms with E-state index in [2.05, 4.69) is 17.4 Å². The molecular formula is C15H23N3O3. The molecule has 4 aliphatic rings. The number of hydrogen-bond acceptors (Lipinski definition) is 4. The van der Waals surface area contributed by atoms with Crippen LogP contribution in [0.15, 0.2) is 12.2 Å². The molecule has 116 valence electrons. The second kappa shape index (κ2) is 5.77. The van der Waals surface area contributed by atoms with Gasteiger partial charge in [0, 0.05) is 26.2 Å². The maximum atomic E-state index is 12.6. The van der Waals surface area contributed by atoms with Crippen LogP contribution in [0.4, 0.5) is 0 Å². The van der Waals surface area contributed by atoms with E-state index in [0.29, 0.717) is 0 Å². The van der Waals surface area contributed by atoms with Crippen molar-refractivity contribution in [1.29, 1.82) is 0 Å². The molecule has 4 atom stereocenters. The zero-order chi connectivity index (χ0) is 15.0. The van der Waals surface area contributed by atoms with E-state index in [1.807, 2.05) is 17.2 Å². The van der Waals surface area contributed by atoms with Crippen molar-refractivity contribution in [3.63, 3.8) is 0 Å². The van der Waals surface area contributed by atoms with Gasteiger partial charge in [0.2, 0.25) is 5.91 Å². The largest absolute Gasteiger partial charge is 0.481 e. The van der Waals surface area contributed by atoms with Gasteiger partial charge < -0.3 is 10.0 Å². The average molecular weight is 293 g/mol. The number of rotatable bonds is 3. The third kappa shape index (κ3) is 2.82. The third-order valence-corrected chi connectivity index (χ3v) is 5.11. The van der Waals surface area contributed by atoms with E-state index >= 15 is 0 Å². The Kier molecular flexibility index (Phi) is 3.99. The van der Waals surface area contributed by atoms with E-state index in [-0.39, 0.29) is 17.7 Å². The number of nitrogens with one attached hydrogen (secondary N) is 1. The molecule has 2 bridgehead atoms. The van der Waals surface area contributed by atoms with Crippen LogP contribution in [0.1, 0.15) is 12.8 Å². The van der Waals surface area contributed by atoms with E-state index in [0.717, 1.165) is 39.0 Å². The Balaban J connectivity index is 1.68. The summed E-state index contributed by atoms with van der Waals surface area (Å²) in [4.78, 5) is 26.4. The molecule has 1 saturated heterocycles. The van der Waals surface area contributed by atoms with E-state index in [1.54, 1.807) is 0 Å². The lowest BCUT2D eigenvalue weighted by Crippen LogP contribution is -2.57. The minimum absolute atomic E-state index is 0.00994. The molecule has 0 aromatic heterocycles. The number of hydrazine groups is 1. The average Bonchev–Trinajstić information content (AvgIpc) is 2.49. The molecular weight excluding hydrogens is 270 g/mol. The molecule has 0 radical (unpaired) electrons. The summed E-state index contributed by atoms with van der Waals surface area (Å²) in [5, 5.41) is 11.4. The van der Waals surface area contributed by atoms with Crippen molar-refractivity contribution in [2.24, 2.45) is 23.7 Å². The second-order valence-electron chi connectivity index (χ2n) is 6.45. The van der Waals surface area contributed by atoms with Crippen molar-refractivity contribution in [1.82, 2.24) is 15.3 Å². The first-order chi connectivity index (χ1) is 10.1. The van der Waals surface area contributed by atoms with Gasteiger partial charge in [0.1, 0.15) is 0 Å². The first kappa shape index (κ1) is 14.5. The fourth-order valence-electron chi connectivity index (χ4n) is 3.84. The van der Waals surface area contributed by atoms with Crippen molar-refractivity contribution in [3.8, 4) is 0 Å². The molecule has 1 aliphatic heterocycles. The number of carboxylic acids is 1. The molecule has 1 heterocycles. The van der Waals surface area contributed by atoms with Gasteiger partial charge in [0.25, 0.3) is 0 Å². The van der Waals surface area contributed by atoms with Crippen LogP contribution in [0.25, 0.3) is 0 Å². The molecule has 4 rings (SSSR count). The molecule has 21 heavy (non-hydrogen) atoms. The van der Waals surface area contributed by atoms with Crippen LogP contribution in [0.5, 0.6) is 0 Å². The monoisotopic (exact) mass is 293 g/mol. The van der Waals surface area contributed by atoms with Crippen molar-refractivity contribution in [2.45, 2.75) is 12.8 Å². The van der Waals surface area contributed by atoms with Crippen molar-refractivity contribution in [2.75, 3.05) is 33.2 Å². The summed E-state index contributed by atoms with van der Waals surface area (Å²) < 4.78 is 0. The maximum Gasteiger partial charge on any atom is 0.307 e. The van der Waals surface area contributed by atoms with Crippen LogP contribution in [0.3, 0.4) is 0 Å². The SMILES string of the molecule is CN1CCN(NC(=O)[C@H]2[C@H](C(=O)O)[C@H]3C=C[C@H]2CC3)CC1. The molecule has 1 amide bonds. The van der Waals surface area contributed by atoms with Gasteiger partial charge in [-0.3, -0.25) is 15.0 Å². The Morgan fingerprint density at radius 1 is 1.05 bits per heavy atom. The number of piperazine rings is 1. The second-order valence-corrected chi connectivity index (χ2v) is 6.45. The molecule has 0 spiro atoms. The summed E-state index contributed by atoms with van der Waals surface area (Å²) in [6.45, 7) is 3.41. The summed E-state index contributed by atoms with van der Waals surface area (Å²) in [5.41, 5.74) is 2.95. The van der Waals surface area contributed by atoms with Crippen LogP contribution >= 0.6 is 0 Å². The van der Waals surface area contributed by atoms with Crippen molar-refractivity contribution >= 4 is 11.9 Å². The number of allylic oxidation sites excluding steroid dienone is 2. The predicted molar refractivity (Wildman–Crippen MR) is 77.2 cm³/mol. The number of likely N-dealkylation sites (N-methyl/N-ethyl adjacent to an activating group) is 1. The molecule has 0 aromatic carbocycles. The number of carboxylic acid groups (broad SMARTS) is 1. The summed E-state index contributed by atoms with van der Waals surface area (Å²) in [6, 6.07) is 0. The molecule has 6 nitrogen and oxygen atoms in total. The van der Waals surface area contributed by atoms with Gasteiger partial charge in [0.15, 0.2) is 0 Å². The molecule has 2 fully saturated rings. The minimum Gasteiger partial charge on any atom is -0.481 e. The van der Waals surface area contributed by atoms with Crippen LogP contribution in [0, 0.1) is 23.7 Å². The van der Waals surface area contributed by atoms with Gasteiger partial charge in [-0.05, 0) is 31.7 Å². The van der Waals surface area contributed by atoms with Gasteiger partial charge in [0.05, 0.1) is 11.8 Å². The predicted octanol–water partition coefficient (Wildman–Crippen LogP) is 0.178. The van der Waals surface area contributed by atoms with Gasteiger partial charge in [-0.1, -0.05) is 12.2 Å². The lowest BCUT2D eigenvalue weighted by molar-refractivity contribution is -0.154. The van der Waals surface area contributed by atoms with Crippen molar-refractivity contribution < 1.29 is 14.7 Å². The summed E-state index contributed by atoms with van der Waals surface area (Å²) in [5.74, 6) is -1.87. The maximum absolute atomic E-state index is 12.6. The quantitative estimate of drug-likeness (QED) is 0.726. The molecule has 0 unspecified atom stereocenters. The lowest BCUT2D eigenvalue weighted by Gasteiger charge is -2.43. The number of nitrogens with zero attached hydrogens (tertiary/aromatic N) is 2. The highest BCUT2D eigenvalue weighted by Crippen LogP contribution is 2.45. The third-order valence-electron chi connectivity index (χ3n) is 5.11. The molecule has 3 aliphatic carbocycles. The van der Waals surface area contributed by atoms with Crippen LogP contribution < -0.4 is 5.43 Å². The van der Waals surface area contributed by atoms with E-state index in [9.17, 15) is 14.7 Å². The van der Waals surface area contributed by atoms with Gasteiger partial charge >= 0.3 is 5.97 Å². The van der Waals surface area contributed by atoms with E-state index in [1.165, 1.54) is 0 Å². The highest BCUT2D eigenvalue weighted by Gasteiger charge is 2.48. The number of amides is 1. The summed E-state index contributed by atoms with van der Waals surface area (Å²) in [6.07, 6.45) is 5.84. The topological polar surface area (TPSA) is 72.9 Å². The number of fused-ring (bicyclic) bond motifs is 2. The van der Waals surface area contributed by atoms with Crippen LogP contribution in [-0.4, -0.2) is 60.1 Å². The van der Waals surface area contributed by atoms with Crippen LogP contribution in [-0.2, 0) is 9.59 Å². The smallest absolute Gasteiger partial charge is 0.307 e. The van der Waals surface area contributed by atoms with Crippen LogP contribution in [0.2, 0.25) is 0 Å². The fraction of sp³-hybridized carbons (Fsp3) is 0.733. The first-order valence-electron chi connectivity index (χ1n) is 7.71.